The second-order valence-corrected chi connectivity index (χ2v) is 6.44. The number of nitrogens with two attached hydrogens (primary N) is 1. The van der Waals surface area contributed by atoms with E-state index in [1.54, 1.807) is 17.5 Å². The lowest BCUT2D eigenvalue weighted by atomic mass is 10.2. The van der Waals surface area contributed by atoms with E-state index in [1.165, 1.54) is 4.88 Å². The van der Waals surface area contributed by atoms with E-state index in [4.69, 9.17) is 28.4 Å². The van der Waals surface area contributed by atoms with Gasteiger partial charge in [0.2, 0.25) is 5.51 Å². The van der Waals surface area contributed by atoms with E-state index in [0.717, 1.165) is 11.3 Å². The van der Waals surface area contributed by atoms with Crippen molar-refractivity contribution in [1.82, 2.24) is 9.97 Å². The Labute approximate surface area is 162 Å². The maximum Gasteiger partial charge on any atom is 0.394 e. The highest BCUT2D eigenvalue weighted by Gasteiger charge is 2.16. The van der Waals surface area contributed by atoms with E-state index in [0.29, 0.717) is 24.6 Å². The molecule has 25 heavy (non-hydrogen) atoms. The van der Waals surface area contributed by atoms with Crippen molar-refractivity contribution in [3.05, 3.63) is 33.7 Å². The number of aliphatic hydroxyl groups is 1. The van der Waals surface area contributed by atoms with Crippen LogP contribution >= 0.6 is 36.2 Å². The molecule has 0 radical (unpaired) electrons. The molecule has 0 aliphatic heterocycles. The summed E-state index contributed by atoms with van der Waals surface area (Å²) in [6.45, 7) is 4.71. The number of aryl methyl sites for hydroxylation is 1. The van der Waals surface area contributed by atoms with Crippen LogP contribution in [-0.2, 0) is 23.4 Å². The molecule has 144 valence electrons. The van der Waals surface area contributed by atoms with Gasteiger partial charge in [0.15, 0.2) is 12.2 Å². The van der Waals surface area contributed by atoms with Crippen molar-refractivity contribution in [2.75, 3.05) is 12.3 Å². The van der Waals surface area contributed by atoms with E-state index < -0.39 is 10.4 Å². The predicted octanol–water partition coefficient (Wildman–Crippen LogP) is 0.799. The molecular weight excluding hydrogens is 415 g/mol. The SMILES string of the molecule is Cc1ncc(C[n+]2csc(CCO)c2C)c(N)n1.Cl.Cl.O=S(=O)(O)O. The number of aromatic nitrogens is 3. The highest BCUT2D eigenvalue weighted by atomic mass is 35.5. The molecule has 0 saturated carbocycles. The topological polar surface area (TPSA) is 151 Å². The van der Waals surface area contributed by atoms with E-state index >= 15 is 0 Å². The number of nitrogen functional groups attached to an aromatic ring is 1. The summed E-state index contributed by atoms with van der Waals surface area (Å²) in [5.74, 6) is 1.22. The van der Waals surface area contributed by atoms with Crippen LogP contribution in [-0.4, -0.2) is 39.2 Å². The smallest absolute Gasteiger partial charge is 0.394 e. The monoisotopic (exact) mass is 435 g/mol. The normalized spacial score (nSPS) is 10.1. The third kappa shape index (κ3) is 9.84. The van der Waals surface area contributed by atoms with Crippen molar-refractivity contribution in [2.24, 2.45) is 0 Å². The van der Waals surface area contributed by atoms with Gasteiger partial charge < -0.3 is 10.8 Å². The quantitative estimate of drug-likeness (QED) is 0.406. The summed E-state index contributed by atoms with van der Waals surface area (Å²) >= 11 is 1.65. The van der Waals surface area contributed by atoms with Crippen LogP contribution in [0.2, 0.25) is 0 Å². The fraction of sp³-hybridized carbons (Fsp3) is 0.417. The van der Waals surface area contributed by atoms with Crippen LogP contribution < -0.4 is 10.3 Å². The van der Waals surface area contributed by atoms with Crippen molar-refractivity contribution in [2.45, 2.75) is 26.8 Å². The molecule has 0 aliphatic carbocycles. The maximum atomic E-state index is 8.98. The third-order valence-corrected chi connectivity index (χ3v) is 4.00. The van der Waals surface area contributed by atoms with Gasteiger partial charge in [-0.15, -0.1) is 24.8 Å². The lowest BCUT2D eigenvalue weighted by molar-refractivity contribution is -0.689. The Morgan fingerprint density at radius 1 is 1.28 bits per heavy atom. The molecule has 2 aromatic heterocycles. The Hall–Kier alpha value is -1.08. The number of nitrogens with zero attached hydrogens (tertiary/aromatic N) is 3. The molecule has 0 amide bonds. The molecule has 0 unspecified atom stereocenters. The molecule has 13 heteroatoms. The molecule has 9 nitrogen and oxygen atoms in total. The van der Waals surface area contributed by atoms with Gasteiger partial charge in [0.25, 0.3) is 0 Å². The van der Waals surface area contributed by atoms with Crippen LogP contribution in [0.4, 0.5) is 5.82 Å². The van der Waals surface area contributed by atoms with Gasteiger partial charge in [-0.25, -0.2) is 9.97 Å². The molecule has 0 fully saturated rings. The zero-order valence-corrected chi connectivity index (χ0v) is 16.8. The minimum atomic E-state index is -4.67. The van der Waals surface area contributed by atoms with E-state index in [2.05, 4.69) is 14.5 Å². The summed E-state index contributed by atoms with van der Waals surface area (Å²) in [5.41, 5.74) is 10.0. The zero-order valence-electron chi connectivity index (χ0n) is 13.5. The lowest BCUT2D eigenvalue weighted by Gasteiger charge is -2.01. The minimum absolute atomic E-state index is 0. The molecular formula is C12H21Cl2N4O5S2+. The van der Waals surface area contributed by atoms with Gasteiger partial charge in [-0.05, 0) is 6.92 Å². The van der Waals surface area contributed by atoms with Crippen LogP contribution in [0.15, 0.2) is 11.7 Å². The first kappa shape index (κ1) is 26.2. The Morgan fingerprint density at radius 2 is 1.84 bits per heavy atom. The van der Waals surface area contributed by atoms with Crippen LogP contribution in [0.25, 0.3) is 0 Å². The maximum absolute atomic E-state index is 8.98. The lowest BCUT2D eigenvalue weighted by Crippen LogP contribution is -2.35. The van der Waals surface area contributed by atoms with Gasteiger partial charge in [0, 0.05) is 26.1 Å². The molecule has 2 heterocycles. The number of halogens is 2. The molecule has 0 bridgehead atoms. The van der Waals surface area contributed by atoms with Gasteiger partial charge >= 0.3 is 10.4 Å². The molecule has 0 saturated heterocycles. The second kappa shape index (κ2) is 11.5. The van der Waals surface area contributed by atoms with Crippen molar-refractivity contribution < 1.29 is 27.2 Å². The summed E-state index contributed by atoms with van der Waals surface area (Å²) in [4.78, 5) is 9.53. The Balaban J connectivity index is 0. The first-order chi connectivity index (χ1) is 10.6. The summed E-state index contributed by atoms with van der Waals surface area (Å²) in [5, 5.41) is 8.98. The number of thiazole rings is 1. The van der Waals surface area contributed by atoms with Crippen molar-refractivity contribution in [3.63, 3.8) is 0 Å². The molecule has 0 spiro atoms. The van der Waals surface area contributed by atoms with Crippen LogP contribution in [0.3, 0.4) is 0 Å². The number of rotatable bonds is 4. The van der Waals surface area contributed by atoms with Gasteiger partial charge in [-0.2, -0.15) is 13.0 Å². The standard InChI is InChI=1S/C12H17N4OS.2ClH.H2O4S/c1-8-11(3-4-17)18-7-16(8)6-10-5-14-9(2)15-12(10)13;;;1-5(2,3)4/h5,7,17H,3-4,6H2,1-2H3,(H2,13,14,15);2*1H;(H2,1,2,3,4)/q+1;;;. The Bertz CT molecular complexity index is 763. The summed E-state index contributed by atoms with van der Waals surface area (Å²) in [6, 6.07) is 0. The fourth-order valence-electron chi connectivity index (χ4n) is 1.77. The summed E-state index contributed by atoms with van der Waals surface area (Å²) < 4.78 is 33.7. The average Bonchev–Trinajstić information content (AvgIpc) is 2.73. The number of hydrogen-bond donors (Lipinski definition) is 4. The van der Waals surface area contributed by atoms with E-state index in [-0.39, 0.29) is 31.4 Å². The van der Waals surface area contributed by atoms with Gasteiger partial charge in [0.05, 0.1) is 10.4 Å². The minimum Gasteiger partial charge on any atom is -0.396 e. The number of anilines is 1. The highest BCUT2D eigenvalue weighted by molar-refractivity contribution is 7.79. The molecule has 0 aliphatic rings. The van der Waals surface area contributed by atoms with Crippen LogP contribution in [0.5, 0.6) is 0 Å². The van der Waals surface area contributed by atoms with E-state index in [9.17, 15) is 0 Å². The molecule has 5 N–H and O–H groups in total. The van der Waals surface area contributed by atoms with Crippen molar-refractivity contribution >= 4 is 52.4 Å². The molecule has 0 aromatic carbocycles. The van der Waals surface area contributed by atoms with Crippen molar-refractivity contribution in [3.8, 4) is 0 Å². The molecule has 2 aromatic rings. The first-order valence-electron chi connectivity index (χ1n) is 6.47. The number of aliphatic hydroxyl groups excluding tert-OH is 1. The first-order valence-corrected chi connectivity index (χ1v) is 8.74. The zero-order chi connectivity index (χ0) is 17.6. The van der Waals surface area contributed by atoms with Crippen molar-refractivity contribution in [1.29, 1.82) is 0 Å². The van der Waals surface area contributed by atoms with E-state index in [1.807, 2.05) is 19.4 Å². The predicted molar refractivity (Wildman–Crippen MR) is 99.0 cm³/mol. The fourth-order valence-corrected chi connectivity index (χ4v) is 2.75. The van der Waals surface area contributed by atoms with Gasteiger partial charge in [-0.3, -0.25) is 9.11 Å². The summed E-state index contributed by atoms with van der Waals surface area (Å²) in [6.07, 6.45) is 2.47. The Kier molecular flexibility index (Phi) is 12.0. The Morgan fingerprint density at radius 3 is 2.32 bits per heavy atom. The largest absolute Gasteiger partial charge is 0.396 e. The molecule has 2 rings (SSSR count). The van der Waals surface area contributed by atoms with Gasteiger partial charge in [0.1, 0.15) is 11.6 Å². The number of hydrogen-bond acceptors (Lipinski definition) is 7. The molecule has 0 atom stereocenters. The van der Waals surface area contributed by atoms with Gasteiger partial charge in [-0.1, -0.05) is 11.3 Å². The third-order valence-electron chi connectivity index (χ3n) is 2.85. The summed E-state index contributed by atoms with van der Waals surface area (Å²) in [7, 11) is -4.67. The average molecular weight is 436 g/mol. The van der Waals surface area contributed by atoms with Crippen LogP contribution in [0.1, 0.15) is 22.0 Å². The second-order valence-electron chi connectivity index (χ2n) is 4.61. The van der Waals surface area contributed by atoms with Crippen LogP contribution in [0, 0.1) is 13.8 Å². The highest BCUT2D eigenvalue weighted by Crippen LogP contribution is 2.13.